The van der Waals surface area contributed by atoms with Gasteiger partial charge in [0, 0.05) is 6.42 Å². The molecule has 14 heavy (non-hydrogen) atoms. The van der Waals surface area contributed by atoms with Gasteiger partial charge in [-0.15, -0.1) is 18.9 Å². The first kappa shape index (κ1) is 12.8. The molecule has 0 heterocycles. The van der Waals surface area contributed by atoms with Crippen molar-refractivity contribution in [1.29, 1.82) is 0 Å². The van der Waals surface area contributed by atoms with Crippen LogP contribution in [0.25, 0.3) is 0 Å². The number of terminal acetylenes is 1. The van der Waals surface area contributed by atoms with E-state index < -0.39 is 0 Å². The fraction of sp³-hybridized carbons (Fsp3) is 0.429. The summed E-state index contributed by atoms with van der Waals surface area (Å²) in [6.45, 7) is 5.80. The van der Waals surface area contributed by atoms with Crippen molar-refractivity contribution in [2.45, 2.75) is 39.0 Å². The maximum absolute atomic E-state index is 5.19. The average molecular weight is 188 g/mol. The second-order valence-electron chi connectivity index (χ2n) is 3.22. The maximum Gasteiger partial charge on any atom is 0.00890 e. The van der Waals surface area contributed by atoms with Gasteiger partial charge < -0.3 is 0 Å². The fourth-order valence-corrected chi connectivity index (χ4v) is 1.21. The Morgan fingerprint density at radius 2 is 2.21 bits per heavy atom. The Kier molecular flexibility index (Phi) is 9.01. The van der Waals surface area contributed by atoms with Gasteiger partial charge in [0.1, 0.15) is 0 Å². The molecule has 0 aromatic heterocycles. The zero-order valence-corrected chi connectivity index (χ0v) is 9.13. The molecule has 0 nitrogen and oxygen atoms in total. The van der Waals surface area contributed by atoms with E-state index in [0.29, 0.717) is 0 Å². The zero-order chi connectivity index (χ0) is 10.6. The Hall–Kier alpha value is -1.22. The summed E-state index contributed by atoms with van der Waals surface area (Å²) in [5.74, 6) is 2.65. The Labute approximate surface area is 88.4 Å². The summed E-state index contributed by atoms with van der Waals surface area (Å²) in [5.41, 5.74) is 1.44. The molecule has 76 valence electrons. The molecule has 0 amide bonds. The summed E-state index contributed by atoms with van der Waals surface area (Å²) < 4.78 is 0. The third kappa shape index (κ3) is 7.43. The lowest BCUT2D eigenvalue weighted by Crippen LogP contribution is -1.80. The second kappa shape index (κ2) is 9.86. The van der Waals surface area contributed by atoms with Crippen LogP contribution in [0.2, 0.25) is 0 Å². The molecule has 0 aromatic rings. The van der Waals surface area contributed by atoms with Crippen LogP contribution in [0.1, 0.15) is 39.0 Å². The highest BCUT2D eigenvalue weighted by atomic mass is 14.0. The van der Waals surface area contributed by atoms with E-state index in [1.54, 1.807) is 0 Å². The van der Waals surface area contributed by atoms with E-state index in [0.717, 1.165) is 32.1 Å². The van der Waals surface area contributed by atoms with E-state index in [-0.39, 0.29) is 0 Å². The molecule has 0 aliphatic carbocycles. The first-order valence-corrected chi connectivity index (χ1v) is 5.18. The highest BCUT2D eigenvalue weighted by molar-refractivity contribution is 5.10. The first-order chi connectivity index (χ1) is 6.85. The van der Waals surface area contributed by atoms with Gasteiger partial charge in [-0.3, -0.25) is 0 Å². The summed E-state index contributed by atoms with van der Waals surface area (Å²) in [6, 6.07) is 0. The second-order valence-corrected chi connectivity index (χ2v) is 3.22. The van der Waals surface area contributed by atoms with Crippen LogP contribution in [-0.2, 0) is 0 Å². The standard InChI is InChI=1S/C14H20/c1-4-7-9-10-13-14(11-6-3)12-8-5-2/h1,5-6,8,13H,3,7,9-12H2,2H3. The van der Waals surface area contributed by atoms with Crippen molar-refractivity contribution < 1.29 is 0 Å². The highest BCUT2D eigenvalue weighted by Crippen LogP contribution is 2.11. The van der Waals surface area contributed by atoms with Crippen molar-refractivity contribution in [3.8, 4) is 12.3 Å². The Morgan fingerprint density at radius 1 is 1.43 bits per heavy atom. The molecule has 0 spiro atoms. The molecule has 0 saturated heterocycles. The monoisotopic (exact) mass is 188 g/mol. The zero-order valence-electron chi connectivity index (χ0n) is 9.13. The number of hydrogen-bond donors (Lipinski definition) is 0. The van der Waals surface area contributed by atoms with Gasteiger partial charge in [-0.2, -0.15) is 0 Å². The largest absolute Gasteiger partial charge is 0.120 e. The fourth-order valence-electron chi connectivity index (χ4n) is 1.21. The van der Waals surface area contributed by atoms with Gasteiger partial charge in [0.2, 0.25) is 0 Å². The summed E-state index contributed by atoms with van der Waals surface area (Å²) >= 11 is 0. The van der Waals surface area contributed by atoms with Gasteiger partial charge in [0.25, 0.3) is 0 Å². The van der Waals surface area contributed by atoms with Gasteiger partial charge in [-0.05, 0) is 32.6 Å². The molecule has 0 atom stereocenters. The van der Waals surface area contributed by atoms with Gasteiger partial charge in [0.15, 0.2) is 0 Å². The molecule has 0 N–H and O–H groups in total. The number of allylic oxidation sites excluding steroid dienone is 5. The van der Waals surface area contributed by atoms with Crippen molar-refractivity contribution in [2.24, 2.45) is 0 Å². The normalized spacial score (nSPS) is 11.6. The lowest BCUT2D eigenvalue weighted by atomic mass is 10.1. The molecule has 0 fully saturated rings. The van der Waals surface area contributed by atoms with E-state index in [1.807, 2.05) is 13.0 Å². The number of unbranched alkanes of at least 4 members (excludes halogenated alkanes) is 2. The maximum atomic E-state index is 5.19. The topological polar surface area (TPSA) is 0 Å². The van der Waals surface area contributed by atoms with Crippen molar-refractivity contribution in [1.82, 2.24) is 0 Å². The van der Waals surface area contributed by atoms with Crippen LogP contribution >= 0.6 is 0 Å². The number of hydrogen-bond acceptors (Lipinski definition) is 0. The van der Waals surface area contributed by atoms with Crippen molar-refractivity contribution in [3.63, 3.8) is 0 Å². The quantitative estimate of drug-likeness (QED) is 0.318. The molecular weight excluding hydrogens is 168 g/mol. The molecule has 0 aliphatic heterocycles. The van der Waals surface area contributed by atoms with Gasteiger partial charge >= 0.3 is 0 Å². The van der Waals surface area contributed by atoms with Crippen LogP contribution in [0.15, 0.2) is 36.5 Å². The predicted molar refractivity (Wildman–Crippen MR) is 65.0 cm³/mol. The van der Waals surface area contributed by atoms with Crippen molar-refractivity contribution >= 4 is 0 Å². The molecule has 0 saturated carbocycles. The van der Waals surface area contributed by atoms with E-state index >= 15 is 0 Å². The SMILES string of the molecule is C#CCCCC=C(CC=C)CC=CC. The predicted octanol–water partition coefficient (Wildman–Crippen LogP) is 4.26. The molecule has 0 aliphatic rings. The van der Waals surface area contributed by atoms with Crippen LogP contribution in [-0.4, -0.2) is 0 Å². The van der Waals surface area contributed by atoms with Gasteiger partial charge in [0.05, 0.1) is 0 Å². The van der Waals surface area contributed by atoms with E-state index in [1.165, 1.54) is 5.57 Å². The summed E-state index contributed by atoms with van der Waals surface area (Å²) in [4.78, 5) is 0. The lowest BCUT2D eigenvalue weighted by molar-refractivity contribution is 0.871. The molecule has 0 bridgehead atoms. The van der Waals surface area contributed by atoms with E-state index in [2.05, 4.69) is 30.7 Å². The molecule has 0 heteroatoms. The van der Waals surface area contributed by atoms with Crippen molar-refractivity contribution in [3.05, 3.63) is 36.5 Å². The highest BCUT2D eigenvalue weighted by Gasteiger charge is 1.91. The van der Waals surface area contributed by atoms with Crippen LogP contribution in [0.5, 0.6) is 0 Å². The van der Waals surface area contributed by atoms with Crippen LogP contribution < -0.4 is 0 Å². The van der Waals surface area contributed by atoms with Crippen molar-refractivity contribution in [2.75, 3.05) is 0 Å². The van der Waals surface area contributed by atoms with Crippen LogP contribution in [0.4, 0.5) is 0 Å². The van der Waals surface area contributed by atoms with Crippen LogP contribution in [0, 0.1) is 12.3 Å². The number of rotatable bonds is 7. The summed E-state index contributed by atoms with van der Waals surface area (Å²) in [7, 11) is 0. The Balaban J connectivity index is 3.91. The minimum atomic E-state index is 0.876. The van der Waals surface area contributed by atoms with Crippen LogP contribution in [0.3, 0.4) is 0 Å². The molecular formula is C14H20. The van der Waals surface area contributed by atoms with Gasteiger partial charge in [-0.1, -0.05) is 29.9 Å². The van der Waals surface area contributed by atoms with Gasteiger partial charge in [-0.25, -0.2) is 0 Å². The molecule has 0 radical (unpaired) electrons. The first-order valence-electron chi connectivity index (χ1n) is 5.18. The lowest BCUT2D eigenvalue weighted by Gasteiger charge is -2.00. The molecule has 0 unspecified atom stereocenters. The average Bonchev–Trinajstić information content (AvgIpc) is 2.20. The minimum absolute atomic E-state index is 0.876. The third-order valence-electron chi connectivity index (χ3n) is 1.98. The minimum Gasteiger partial charge on any atom is -0.120 e. The van der Waals surface area contributed by atoms with E-state index in [4.69, 9.17) is 6.42 Å². The van der Waals surface area contributed by atoms with E-state index in [9.17, 15) is 0 Å². The smallest absolute Gasteiger partial charge is 0.00890 e. The third-order valence-corrected chi connectivity index (χ3v) is 1.98. The summed E-state index contributed by atoms with van der Waals surface area (Å²) in [5, 5.41) is 0. The Bertz CT molecular complexity index is 235. The molecule has 0 aromatic carbocycles. The summed E-state index contributed by atoms with van der Waals surface area (Å²) in [6.07, 6.45) is 18.8. The molecule has 0 rings (SSSR count). The Morgan fingerprint density at radius 3 is 2.79 bits per heavy atom.